The smallest absolute Gasteiger partial charge is 0.181 e. The minimum atomic E-state index is -3.23. The first kappa shape index (κ1) is 15.0. The molecule has 0 aromatic heterocycles. The van der Waals surface area contributed by atoms with Gasteiger partial charge in [0.15, 0.2) is 9.84 Å². The normalized spacial score (nSPS) is 17.4. The lowest BCUT2D eigenvalue weighted by atomic mass is 10.3. The van der Waals surface area contributed by atoms with Crippen LogP contribution in [0.4, 0.5) is 4.39 Å². The summed E-state index contributed by atoms with van der Waals surface area (Å²) in [6.45, 7) is 1.46. The van der Waals surface area contributed by atoms with Gasteiger partial charge in [-0.1, -0.05) is 18.9 Å². The number of rotatable bonds is 5. The summed E-state index contributed by atoms with van der Waals surface area (Å²) in [5, 5.41) is -0.255. The molecule has 0 radical (unpaired) electrons. The summed E-state index contributed by atoms with van der Waals surface area (Å²) in [5.74, 6) is 0.111. The van der Waals surface area contributed by atoms with Crippen LogP contribution in [0.2, 0.25) is 0 Å². The lowest BCUT2D eigenvalue weighted by Gasteiger charge is -2.11. The van der Waals surface area contributed by atoms with Crippen molar-refractivity contribution in [3.05, 3.63) is 36.2 Å². The number of halogens is 1. The minimum absolute atomic E-state index is 0.134. The standard InChI is InChI=1S/C15H19FO3S/c1-2-12(16)11-19-13-7-9-15(10-8-13)20(17,18)14-5-3-4-6-14/h2,7-10,14H,3-6,11H2,1H3. The topological polar surface area (TPSA) is 43.4 Å². The van der Waals surface area contributed by atoms with Crippen LogP contribution in [0.15, 0.2) is 41.1 Å². The molecule has 5 heteroatoms. The Bertz CT molecular complexity index is 570. The van der Waals surface area contributed by atoms with Gasteiger partial charge in [-0.25, -0.2) is 12.8 Å². The molecule has 0 N–H and O–H groups in total. The summed E-state index contributed by atoms with van der Waals surface area (Å²) in [6, 6.07) is 6.22. The van der Waals surface area contributed by atoms with Crippen LogP contribution in [-0.4, -0.2) is 20.3 Å². The van der Waals surface area contributed by atoms with Crippen molar-refractivity contribution in [1.29, 1.82) is 0 Å². The molecule has 1 fully saturated rings. The Balaban J connectivity index is 2.07. The van der Waals surface area contributed by atoms with Gasteiger partial charge in [-0.15, -0.1) is 0 Å². The third kappa shape index (κ3) is 3.39. The van der Waals surface area contributed by atoms with Crippen molar-refractivity contribution in [2.24, 2.45) is 0 Å². The summed E-state index contributed by atoms with van der Waals surface area (Å²) in [6.07, 6.45) is 4.78. The van der Waals surface area contributed by atoms with Crippen LogP contribution >= 0.6 is 0 Å². The monoisotopic (exact) mass is 298 g/mol. The van der Waals surface area contributed by atoms with Gasteiger partial charge in [-0.2, -0.15) is 0 Å². The second-order valence-corrected chi connectivity index (χ2v) is 7.18. The Hall–Kier alpha value is -1.36. The van der Waals surface area contributed by atoms with E-state index in [9.17, 15) is 12.8 Å². The highest BCUT2D eigenvalue weighted by Gasteiger charge is 2.30. The van der Waals surface area contributed by atoms with Gasteiger partial charge in [0.1, 0.15) is 18.2 Å². The third-order valence-corrected chi connectivity index (χ3v) is 5.86. The van der Waals surface area contributed by atoms with Crippen LogP contribution in [0.25, 0.3) is 0 Å². The molecule has 2 rings (SSSR count). The van der Waals surface area contributed by atoms with E-state index in [0.29, 0.717) is 10.6 Å². The van der Waals surface area contributed by atoms with Crippen LogP contribution in [0, 0.1) is 0 Å². The third-order valence-electron chi connectivity index (χ3n) is 3.58. The molecule has 0 bridgehead atoms. The van der Waals surface area contributed by atoms with Crippen LogP contribution < -0.4 is 4.74 Å². The predicted molar refractivity (Wildman–Crippen MR) is 76.2 cm³/mol. The molecule has 0 amide bonds. The van der Waals surface area contributed by atoms with Crippen molar-refractivity contribution in [1.82, 2.24) is 0 Å². The number of hydrogen-bond donors (Lipinski definition) is 0. The summed E-state index contributed by atoms with van der Waals surface area (Å²) in [7, 11) is -3.23. The molecule has 1 aromatic rings. The first-order valence-corrected chi connectivity index (χ1v) is 8.36. The fraction of sp³-hybridized carbons (Fsp3) is 0.467. The molecular weight excluding hydrogens is 279 g/mol. The second-order valence-electron chi connectivity index (χ2n) is 4.95. The largest absolute Gasteiger partial charge is 0.487 e. The van der Waals surface area contributed by atoms with Crippen LogP contribution in [0.1, 0.15) is 32.6 Å². The van der Waals surface area contributed by atoms with Gasteiger partial charge >= 0.3 is 0 Å². The average molecular weight is 298 g/mol. The van der Waals surface area contributed by atoms with E-state index in [1.807, 2.05) is 0 Å². The van der Waals surface area contributed by atoms with Gasteiger partial charge in [0, 0.05) is 0 Å². The maximum atomic E-state index is 12.9. The van der Waals surface area contributed by atoms with Gasteiger partial charge in [-0.3, -0.25) is 0 Å². The van der Waals surface area contributed by atoms with Crippen LogP contribution in [0.3, 0.4) is 0 Å². The number of hydrogen-bond acceptors (Lipinski definition) is 3. The van der Waals surface area contributed by atoms with Gasteiger partial charge in [0.25, 0.3) is 0 Å². The van der Waals surface area contributed by atoms with Gasteiger partial charge in [0.2, 0.25) is 0 Å². The number of allylic oxidation sites excluding steroid dienone is 1. The second kappa shape index (κ2) is 6.39. The van der Waals surface area contributed by atoms with E-state index in [-0.39, 0.29) is 17.7 Å². The summed E-state index contributed by atoms with van der Waals surface area (Å²) < 4.78 is 42.8. The van der Waals surface area contributed by atoms with Crippen molar-refractivity contribution >= 4 is 9.84 Å². The fourth-order valence-corrected chi connectivity index (χ4v) is 4.21. The number of sulfone groups is 1. The lowest BCUT2D eigenvalue weighted by molar-refractivity contribution is 0.318. The molecule has 1 aliphatic carbocycles. The molecule has 0 unspecified atom stereocenters. The Morgan fingerprint density at radius 3 is 2.45 bits per heavy atom. The molecule has 0 aliphatic heterocycles. The van der Waals surface area contributed by atoms with E-state index in [2.05, 4.69) is 0 Å². The Morgan fingerprint density at radius 2 is 1.90 bits per heavy atom. The lowest BCUT2D eigenvalue weighted by Crippen LogP contribution is -2.17. The highest BCUT2D eigenvalue weighted by Crippen LogP contribution is 2.30. The fourth-order valence-electron chi connectivity index (χ4n) is 2.35. The van der Waals surface area contributed by atoms with E-state index >= 15 is 0 Å². The van der Waals surface area contributed by atoms with E-state index in [4.69, 9.17) is 4.74 Å². The van der Waals surface area contributed by atoms with E-state index in [1.54, 1.807) is 19.1 Å². The Kier molecular flexibility index (Phi) is 4.81. The molecule has 0 spiro atoms. The molecule has 0 heterocycles. The molecule has 20 heavy (non-hydrogen) atoms. The molecule has 110 valence electrons. The maximum Gasteiger partial charge on any atom is 0.181 e. The molecule has 1 saturated carbocycles. The molecule has 1 aromatic carbocycles. The van der Waals surface area contributed by atoms with Crippen molar-refractivity contribution in [2.75, 3.05) is 6.61 Å². The van der Waals surface area contributed by atoms with Gasteiger partial charge < -0.3 is 4.74 Å². The zero-order valence-corrected chi connectivity index (χ0v) is 12.3. The van der Waals surface area contributed by atoms with Gasteiger partial charge in [0.05, 0.1) is 10.1 Å². The first-order chi connectivity index (χ1) is 9.54. The predicted octanol–water partition coefficient (Wildman–Crippen LogP) is 3.66. The van der Waals surface area contributed by atoms with E-state index < -0.39 is 9.84 Å². The molecule has 0 saturated heterocycles. The molecule has 3 nitrogen and oxygen atoms in total. The SMILES string of the molecule is CC=C(F)COc1ccc(S(=O)(=O)C2CCCC2)cc1. The summed E-state index contributed by atoms with van der Waals surface area (Å²) in [4.78, 5) is 0.322. The van der Waals surface area contributed by atoms with Crippen molar-refractivity contribution < 1.29 is 17.5 Å². The molecule has 1 aliphatic rings. The van der Waals surface area contributed by atoms with Crippen molar-refractivity contribution in [3.63, 3.8) is 0 Å². The van der Waals surface area contributed by atoms with E-state index in [0.717, 1.165) is 25.7 Å². The minimum Gasteiger partial charge on any atom is -0.487 e. The number of ether oxygens (including phenoxy) is 1. The maximum absolute atomic E-state index is 12.9. The zero-order valence-electron chi connectivity index (χ0n) is 11.5. The quantitative estimate of drug-likeness (QED) is 0.833. The molecule has 0 atom stereocenters. The Morgan fingerprint density at radius 1 is 1.30 bits per heavy atom. The van der Waals surface area contributed by atoms with Crippen molar-refractivity contribution in [3.8, 4) is 5.75 Å². The highest BCUT2D eigenvalue weighted by molar-refractivity contribution is 7.92. The molecular formula is C15H19FO3S. The van der Waals surface area contributed by atoms with E-state index in [1.165, 1.54) is 18.2 Å². The first-order valence-electron chi connectivity index (χ1n) is 6.81. The zero-order chi connectivity index (χ0) is 14.6. The average Bonchev–Trinajstić information content (AvgIpc) is 3.00. The summed E-state index contributed by atoms with van der Waals surface area (Å²) >= 11 is 0. The van der Waals surface area contributed by atoms with Gasteiger partial charge in [-0.05, 0) is 44.0 Å². The number of benzene rings is 1. The van der Waals surface area contributed by atoms with Crippen LogP contribution in [0.5, 0.6) is 5.75 Å². The highest BCUT2D eigenvalue weighted by atomic mass is 32.2. The van der Waals surface area contributed by atoms with Crippen LogP contribution in [-0.2, 0) is 9.84 Å². The summed E-state index contributed by atoms with van der Waals surface area (Å²) in [5.41, 5.74) is 0. The van der Waals surface area contributed by atoms with Crippen molar-refractivity contribution in [2.45, 2.75) is 42.8 Å². The Labute approximate surface area is 119 Å².